The van der Waals surface area contributed by atoms with Crippen LogP contribution in [0.25, 0.3) is 0 Å². The number of ether oxygens (including phenoxy) is 1. The summed E-state index contributed by atoms with van der Waals surface area (Å²) in [6.45, 7) is 11.6. The van der Waals surface area contributed by atoms with E-state index in [-0.39, 0.29) is 5.41 Å². The predicted molar refractivity (Wildman–Crippen MR) is 95.9 cm³/mol. The van der Waals surface area contributed by atoms with Gasteiger partial charge in [0.05, 0.1) is 0 Å². The van der Waals surface area contributed by atoms with Crippen molar-refractivity contribution in [2.75, 3.05) is 13.3 Å². The quantitative estimate of drug-likeness (QED) is 0.805. The lowest BCUT2D eigenvalue weighted by molar-refractivity contribution is 0.117. The summed E-state index contributed by atoms with van der Waals surface area (Å²) in [6.07, 6.45) is 1.15. The third-order valence-electron chi connectivity index (χ3n) is 4.87. The Morgan fingerprint density at radius 3 is 2.43 bits per heavy atom. The smallest absolute Gasteiger partial charge is 0.142 e. The highest BCUT2D eigenvalue weighted by atomic mass is 16.5. The van der Waals surface area contributed by atoms with Crippen molar-refractivity contribution in [3.05, 3.63) is 64.7 Å². The molecule has 0 radical (unpaired) electrons. The van der Waals surface area contributed by atoms with Crippen molar-refractivity contribution in [2.24, 2.45) is 0 Å². The zero-order valence-electron chi connectivity index (χ0n) is 14.7. The van der Waals surface area contributed by atoms with Crippen LogP contribution in [0.3, 0.4) is 0 Å². The molecule has 0 saturated carbocycles. The molecule has 2 heteroatoms. The maximum absolute atomic E-state index is 6.00. The van der Waals surface area contributed by atoms with Crippen molar-refractivity contribution < 1.29 is 4.74 Å². The Morgan fingerprint density at radius 1 is 1.00 bits per heavy atom. The van der Waals surface area contributed by atoms with E-state index in [1.165, 1.54) is 22.3 Å². The number of hydrogen-bond donors (Lipinski definition) is 0. The molecule has 23 heavy (non-hydrogen) atoms. The van der Waals surface area contributed by atoms with Crippen LogP contribution in [-0.2, 0) is 12.0 Å². The molecule has 0 atom stereocenters. The molecule has 0 saturated heterocycles. The molecule has 2 aromatic rings. The second kappa shape index (κ2) is 6.37. The standard InChI is InChI=1S/C21H27NO/c1-16-5-8-19(9-6-16)23-15-22-12-11-21(3,4)20-10-7-17(2)13-18(20)14-22/h5-10,13H,11-12,14-15H2,1-4H3. The number of hydrogen-bond acceptors (Lipinski definition) is 2. The molecular formula is C21H27NO. The lowest BCUT2D eigenvalue weighted by atomic mass is 9.79. The highest BCUT2D eigenvalue weighted by molar-refractivity contribution is 5.37. The molecule has 0 bridgehead atoms. The van der Waals surface area contributed by atoms with Gasteiger partial charge in [-0.05, 0) is 48.9 Å². The fourth-order valence-electron chi connectivity index (χ4n) is 3.32. The van der Waals surface area contributed by atoms with E-state index < -0.39 is 0 Å². The Hall–Kier alpha value is -1.80. The van der Waals surface area contributed by atoms with E-state index in [1.54, 1.807) is 0 Å². The first-order valence-electron chi connectivity index (χ1n) is 8.46. The first-order valence-corrected chi connectivity index (χ1v) is 8.46. The van der Waals surface area contributed by atoms with Gasteiger partial charge in [0.1, 0.15) is 12.5 Å². The Balaban J connectivity index is 1.74. The van der Waals surface area contributed by atoms with Gasteiger partial charge in [0.15, 0.2) is 0 Å². The van der Waals surface area contributed by atoms with Gasteiger partial charge in [-0.15, -0.1) is 0 Å². The fraction of sp³-hybridized carbons (Fsp3) is 0.429. The summed E-state index contributed by atoms with van der Waals surface area (Å²) in [4.78, 5) is 2.41. The third-order valence-corrected chi connectivity index (χ3v) is 4.87. The van der Waals surface area contributed by atoms with Crippen LogP contribution < -0.4 is 4.74 Å². The number of benzene rings is 2. The normalized spacial score (nSPS) is 17.4. The fourth-order valence-corrected chi connectivity index (χ4v) is 3.32. The molecule has 0 fully saturated rings. The Kier molecular flexibility index (Phi) is 4.45. The van der Waals surface area contributed by atoms with E-state index in [0.717, 1.165) is 25.3 Å². The van der Waals surface area contributed by atoms with Crippen LogP contribution in [0.4, 0.5) is 0 Å². The molecule has 0 spiro atoms. The van der Waals surface area contributed by atoms with Gasteiger partial charge in [-0.2, -0.15) is 0 Å². The first-order chi connectivity index (χ1) is 10.9. The van der Waals surface area contributed by atoms with E-state index in [1.807, 2.05) is 0 Å². The minimum atomic E-state index is 0.224. The Morgan fingerprint density at radius 2 is 1.70 bits per heavy atom. The van der Waals surface area contributed by atoms with Crippen molar-refractivity contribution in [3.8, 4) is 5.75 Å². The summed E-state index contributed by atoms with van der Waals surface area (Å²) in [7, 11) is 0. The van der Waals surface area contributed by atoms with Crippen LogP contribution in [-0.4, -0.2) is 18.2 Å². The van der Waals surface area contributed by atoms with E-state index in [0.29, 0.717) is 6.73 Å². The molecule has 0 aromatic heterocycles. The molecule has 2 aromatic carbocycles. The summed E-state index contributed by atoms with van der Waals surface area (Å²) < 4.78 is 6.00. The van der Waals surface area contributed by atoms with E-state index >= 15 is 0 Å². The van der Waals surface area contributed by atoms with Gasteiger partial charge in [0.2, 0.25) is 0 Å². The van der Waals surface area contributed by atoms with Gasteiger partial charge in [-0.25, -0.2) is 0 Å². The average molecular weight is 309 g/mol. The van der Waals surface area contributed by atoms with Crippen molar-refractivity contribution >= 4 is 0 Å². The summed E-state index contributed by atoms with van der Waals surface area (Å²) in [6, 6.07) is 15.2. The second-order valence-electron chi connectivity index (χ2n) is 7.43. The maximum atomic E-state index is 6.00. The molecule has 3 rings (SSSR count). The molecular weight excluding hydrogens is 282 g/mol. The van der Waals surface area contributed by atoms with Gasteiger partial charge < -0.3 is 4.74 Å². The van der Waals surface area contributed by atoms with Crippen molar-refractivity contribution in [3.63, 3.8) is 0 Å². The average Bonchev–Trinajstić information content (AvgIpc) is 2.63. The molecule has 1 aliphatic rings. The van der Waals surface area contributed by atoms with Gasteiger partial charge in [0, 0.05) is 13.1 Å². The van der Waals surface area contributed by atoms with Crippen molar-refractivity contribution in [1.82, 2.24) is 4.90 Å². The zero-order valence-corrected chi connectivity index (χ0v) is 14.7. The molecule has 1 aliphatic heterocycles. The van der Waals surface area contributed by atoms with Gasteiger partial charge in [0.25, 0.3) is 0 Å². The SMILES string of the molecule is Cc1ccc(OCN2CCC(C)(C)c3ccc(C)cc3C2)cc1. The maximum Gasteiger partial charge on any atom is 0.142 e. The van der Waals surface area contributed by atoms with Crippen LogP contribution in [0, 0.1) is 13.8 Å². The Labute approximate surface area is 140 Å². The lowest BCUT2D eigenvalue weighted by Gasteiger charge is -2.25. The highest BCUT2D eigenvalue weighted by Crippen LogP contribution is 2.34. The van der Waals surface area contributed by atoms with E-state index in [4.69, 9.17) is 4.74 Å². The monoisotopic (exact) mass is 309 g/mol. The minimum absolute atomic E-state index is 0.224. The number of rotatable bonds is 3. The number of nitrogens with zero attached hydrogens (tertiary/aromatic N) is 1. The summed E-state index contributed by atoms with van der Waals surface area (Å²) in [5, 5.41) is 0. The van der Waals surface area contributed by atoms with Crippen molar-refractivity contribution in [2.45, 2.75) is 46.1 Å². The number of fused-ring (bicyclic) bond motifs is 1. The van der Waals surface area contributed by atoms with E-state index in [9.17, 15) is 0 Å². The Bertz CT molecular complexity index is 673. The minimum Gasteiger partial charge on any atom is -0.478 e. The number of aryl methyl sites for hydroxylation is 2. The van der Waals surface area contributed by atoms with Crippen LogP contribution in [0.5, 0.6) is 5.75 Å². The molecule has 122 valence electrons. The predicted octanol–water partition coefficient (Wildman–Crippen LogP) is 4.82. The zero-order chi connectivity index (χ0) is 16.4. The first kappa shape index (κ1) is 16.1. The van der Waals surface area contributed by atoms with Crippen LogP contribution >= 0.6 is 0 Å². The van der Waals surface area contributed by atoms with Crippen LogP contribution in [0.15, 0.2) is 42.5 Å². The van der Waals surface area contributed by atoms with Crippen LogP contribution in [0.2, 0.25) is 0 Å². The molecule has 2 nitrogen and oxygen atoms in total. The van der Waals surface area contributed by atoms with Gasteiger partial charge >= 0.3 is 0 Å². The lowest BCUT2D eigenvalue weighted by Crippen LogP contribution is -2.29. The van der Waals surface area contributed by atoms with Crippen LogP contribution in [0.1, 0.15) is 42.5 Å². The van der Waals surface area contributed by atoms with Gasteiger partial charge in [-0.1, -0.05) is 55.3 Å². The molecule has 0 aliphatic carbocycles. The van der Waals surface area contributed by atoms with E-state index in [2.05, 4.69) is 75.1 Å². The molecule has 1 heterocycles. The summed E-state index contributed by atoms with van der Waals surface area (Å²) in [5.74, 6) is 0.948. The highest BCUT2D eigenvalue weighted by Gasteiger charge is 2.28. The van der Waals surface area contributed by atoms with Gasteiger partial charge in [-0.3, -0.25) is 4.90 Å². The molecule has 0 unspecified atom stereocenters. The summed E-state index contributed by atoms with van der Waals surface area (Å²) in [5.41, 5.74) is 5.75. The third kappa shape index (κ3) is 3.76. The molecule has 0 N–H and O–H groups in total. The van der Waals surface area contributed by atoms with Crippen molar-refractivity contribution in [1.29, 1.82) is 0 Å². The topological polar surface area (TPSA) is 12.5 Å². The summed E-state index contributed by atoms with van der Waals surface area (Å²) >= 11 is 0. The largest absolute Gasteiger partial charge is 0.478 e. The molecule has 0 amide bonds. The second-order valence-corrected chi connectivity index (χ2v) is 7.43.